The maximum atomic E-state index is 3.13. The van der Waals surface area contributed by atoms with Gasteiger partial charge in [-0.15, -0.1) is 21.6 Å². The third-order valence-corrected chi connectivity index (χ3v) is 4.51. The van der Waals surface area contributed by atoms with E-state index in [1.807, 2.05) is 23.5 Å². The van der Waals surface area contributed by atoms with Crippen LogP contribution in [0.1, 0.15) is 0 Å². The minimum Gasteiger partial charge on any atom is -1.00 e. The van der Waals surface area contributed by atoms with Crippen LogP contribution < -0.4 is 17.0 Å². The van der Waals surface area contributed by atoms with Gasteiger partial charge in [0.25, 0.3) is 0 Å². The third kappa shape index (κ3) is 3.39. The van der Waals surface area contributed by atoms with Gasteiger partial charge in [0.1, 0.15) is 0 Å². The summed E-state index contributed by atoms with van der Waals surface area (Å²) in [6, 6.07) is 19.0. The number of halogens is 1. The molecular weight excluding hydrogens is 378 g/mol. The molecule has 0 fully saturated rings. The van der Waals surface area contributed by atoms with Crippen LogP contribution in [-0.2, 0) is 19.5 Å². The number of hydrogen-bond donors (Lipinski definition) is 0. The SMILES string of the molecule is [Br-].[Zn+2].[c-]1ccc(-c2ccc(-c3ccccc3)s2)s1. The van der Waals surface area contributed by atoms with Crippen molar-refractivity contribution in [2.24, 2.45) is 0 Å². The van der Waals surface area contributed by atoms with Crippen molar-refractivity contribution in [3.8, 4) is 20.2 Å². The second kappa shape index (κ2) is 7.35. The molecule has 0 atom stereocenters. The van der Waals surface area contributed by atoms with Gasteiger partial charge in [-0.05, 0) is 16.5 Å². The Labute approximate surface area is 138 Å². The van der Waals surface area contributed by atoms with Gasteiger partial charge in [0, 0.05) is 4.88 Å². The minimum absolute atomic E-state index is 0. The molecule has 0 saturated carbocycles. The van der Waals surface area contributed by atoms with Crippen molar-refractivity contribution in [3.63, 3.8) is 0 Å². The van der Waals surface area contributed by atoms with Crippen LogP contribution in [-0.4, -0.2) is 0 Å². The number of rotatable bonds is 2. The number of thiophene rings is 2. The summed E-state index contributed by atoms with van der Waals surface area (Å²) in [5.41, 5.74) is 1.29. The number of benzene rings is 1. The zero-order valence-electron chi connectivity index (χ0n) is 9.60. The first-order chi connectivity index (χ1) is 7.93. The predicted molar refractivity (Wildman–Crippen MR) is 71.9 cm³/mol. The van der Waals surface area contributed by atoms with Gasteiger partial charge in [0.05, 0.1) is 0 Å². The molecule has 0 aliphatic rings. The van der Waals surface area contributed by atoms with Crippen molar-refractivity contribution >= 4 is 22.7 Å². The second-order valence-corrected chi connectivity index (χ2v) is 5.41. The maximum absolute atomic E-state index is 3.13. The predicted octanol–water partition coefficient (Wildman–Crippen LogP) is 1.95. The summed E-state index contributed by atoms with van der Waals surface area (Å²) in [6.45, 7) is 0. The van der Waals surface area contributed by atoms with Crippen molar-refractivity contribution in [3.05, 3.63) is 60.0 Å². The topological polar surface area (TPSA) is 0 Å². The Balaban J connectivity index is 0.000000810. The Hall–Kier alpha value is -0.277. The van der Waals surface area contributed by atoms with E-state index in [9.17, 15) is 0 Å². The van der Waals surface area contributed by atoms with E-state index in [1.165, 1.54) is 20.2 Å². The van der Waals surface area contributed by atoms with Gasteiger partial charge in [-0.2, -0.15) is 12.1 Å². The zero-order valence-corrected chi connectivity index (χ0v) is 15.8. The summed E-state index contributed by atoms with van der Waals surface area (Å²) in [4.78, 5) is 3.95. The molecule has 4 heteroatoms. The molecule has 0 aliphatic carbocycles. The van der Waals surface area contributed by atoms with Gasteiger partial charge >= 0.3 is 19.5 Å². The van der Waals surface area contributed by atoms with Gasteiger partial charge in [-0.25, -0.2) is 0 Å². The summed E-state index contributed by atoms with van der Waals surface area (Å²) in [6.07, 6.45) is 0. The van der Waals surface area contributed by atoms with Gasteiger partial charge in [0.15, 0.2) is 0 Å². The van der Waals surface area contributed by atoms with Crippen molar-refractivity contribution in [1.29, 1.82) is 0 Å². The van der Waals surface area contributed by atoms with Crippen LogP contribution in [0, 0.1) is 5.38 Å². The van der Waals surface area contributed by atoms with E-state index >= 15 is 0 Å². The van der Waals surface area contributed by atoms with E-state index in [0.29, 0.717) is 0 Å². The smallest absolute Gasteiger partial charge is 1.00 e. The monoisotopic (exact) mass is 384 g/mol. The molecule has 3 aromatic rings. The van der Waals surface area contributed by atoms with Gasteiger partial charge in [-0.1, -0.05) is 36.4 Å². The Morgan fingerprint density at radius 1 is 0.778 bits per heavy atom. The van der Waals surface area contributed by atoms with E-state index in [4.69, 9.17) is 0 Å². The fraction of sp³-hybridized carbons (Fsp3) is 0. The summed E-state index contributed by atoms with van der Waals surface area (Å²) >= 11 is 3.50. The van der Waals surface area contributed by atoms with Crippen LogP contribution in [0.15, 0.2) is 54.6 Å². The van der Waals surface area contributed by atoms with E-state index in [2.05, 4.69) is 47.8 Å². The van der Waals surface area contributed by atoms with Gasteiger partial charge in [0.2, 0.25) is 0 Å². The summed E-state index contributed by atoms with van der Waals surface area (Å²) in [5.74, 6) is 0. The van der Waals surface area contributed by atoms with Crippen LogP contribution in [0.3, 0.4) is 0 Å². The normalized spacial score (nSPS) is 9.33. The van der Waals surface area contributed by atoms with Crippen LogP contribution in [0.5, 0.6) is 0 Å². The Kier molecular flexibility index (Phi) is 6.44. The summed E-state index contributed by atoms with van der Waals surface area (Å²) < 4.78 is 0. The molecule has 0 saturated heterocycles. The molecule has 2 heterocycles. The van der Waals surface area contributed by atoms with Crippen molar-refractivity contribution < 1.29 is 36.5 Å². The summed E-state index contributed by atoms with van der Waals surface area (Å²) in [7, 11) is 0. The molecule has 0 bridgehead atoms. The molecule has 1 aromatic carbocycles. The molecular formula is C14H9BrS2Zn. The van der Waals surface area contributed by atoms with E-state index in [-0.39, 0.29) is 36.5 Å². The third-order valence-electron chi connectivity index (χ3n) is 2.38. The maximum Gasteiger partial charge on any atom is 2.00 e. The molecule has 0 amide bonds. The molecule has 86 valence electrons. The quantitative estimate of drug-likeness (QED) is 0.466. The second-order valence-electron chi connectivity index (χ2n) is 3.45. The van der Waals surface area contributed by atoms with E-state index < -0.39 is 0 Å². The first-order valence-corrected chi connectivity index (χ1v) is 6.68. The van der Waals surface area contributed by atoms with E-state index in [1.54, 1.807) is 11.3 Å². The molecule has 0 unspecified atom stereocenters. The molecule has 0 N–H and O–H groups in total. The average molecular weight is 387 g/mol. The molecule has 18 heavy (non-hydrogen) atoms. The van der Waals surface area contributed by atoms with Crippen molar-refractivity contribution in [2.75, 3.05) is 0 Å². The van der Waals surface area contributed by atoms with Crippen LogP contribution in [0.2, 0.25) is 0 Å². The van der Waals surface area contributed by atoms with E-state index in [0.717, 1.165) is 0 Å². The van der Waals surface area contributed by atoms with Gasteiger partial charge < -0.3 is 17.0 Å². The molecule has 0 radical (unpaired) electrons. The fourth-order valence-corrected chi connectivity index (χ4v) is 3.35. The molecule has 3 rings (SSSR count). The van der Waals surface area contributed by atoms with Gasteiger partial charge in [-0.3, -0.25) is 11.3 Å². The first kappa shape index (κ1) is 15.8. The van der Waals surface area contributed by atoms with Crippen molar-refractivity contribution in [2.45, 2.75) is 0 Å². The zero-order chi connectivity index (χ0) is 10.8. The van der Waals surface area contributed by atoms with Crippen LogP contribution in [0.25, 0.3) is 20.2 Å². The minimum atomic E-state index is 0. The van der Waals surface area contributed by atoms with Crippen molar-refractivity contribution in [1.82, 2.24) is 0 Å². The average Bonchev–Trinajstić information content (AvgIpc) is 3.01. The molecule has 0 aliphatic heterocycles. The number of hydrogen-bond acceptors (Lipinski definition) is 2. The first-order valence-electron chi connectivity index (χ1n) is 5.05. The van der Waals surface area contributed by atoms with Crippen LogP contribution >= 0.6 is 22.7 Å². The van der Waals surface area contributed by atoms with Crippen LogP contribution in [0.4, 0.5) is 0 Å². The Morgan fingerprint density at radius 3 is 2.17 bits per heavy atom. The Bertz CT molecular complexity index is 573. The Morgan fingerprint density at radius 2 is 1.50 bits per heavy atom. The molecule has 0 nitrogen and oxygen atoms in total. The fourth-order valence-electron chi connectivity index (χ4n) is 1.60. The summed E-state index contributed by atoms with van der Waals surface area (Å²) in [5, 5.41) is 3.13. The standard InChI is InChI=1S/C14H9S2.BrH.Zn/c1-2-5-11(6-3-1)12-8-9-14(16-12)13-7-4-10-15-13;;/h1-9H;1H;/q-1;;+2/p-1. The molecule has 2 aromatic heterocycles. The molecule has 0 spiro atoms. The largest absolute Gasteiger partial charge is 2.00 e.